The number of aromatic hydroxyl groups is 1. The number of phenolic OH excluding ortho intramolecular Hbond substituents is 1. The van der Waals surface area contributed by atoms with Crippen molar-refractivity contribution in [3.63, 3.8) is 0 Å². The summed E-state index contributed by atoms with van der Waals surface area (Å²) in [5, 5.41) is 21.4. The lowest BCUT2D eigenvalue weighted by Crippen LogP contribution is -2.42. The fourth-order valence-electron chi connectivity index (χ4n) is 1.52. The molecule has 0 spiro atoms. The molecule has 4 nitrogen and oxygen atoms in total. The lowest BCUT2D eigenvalue weighted by Gasteiger charge is -2.28. The van der Waals surface area contributed by atoms with Crippen molar-refractivity contribution in [1.29, 1.82) is 0 Å². The van der Waals surface area contributed by atoms with Crippen LogP contribution in [0, 0.1) is 0 Å². The van der Waals surface area contributed by atoms with Gasteiger partial charge in [-0.25, -0.2) is 4.79 Å². The summed E-state index contributed by atoms with van der Waals surface area (Å²) in [6.07, 6.45) is 3.26. The Morgan fingerprint density at radius 3 is 2.87 bits per heavy atom. The molecule has 0 aromatic heterocycles. The number of carboxylic acid groups (broad SMARTS) is 1. The minimum atomic E-state index is -1.16. The van der Waals surface area contributed by atoms with Gasteiger partial charge in [0.1, 0.15) is 5.75 Å². The summed E-state index contributed by atoms with van der Waals surface area (Å²) in [7, 11) is 0. The summed E-state index contributed by atoms with van der Waals surface area (Å²) in [5.74, 6) is -0.919. The molecule has 1 aromatic rings. The van der Waals surface area contributed by atoms with E-state index in [2.05, 4.69) is 5.32 Å². The van der Waals surface area contributed by atoms with E-state index >= 15 is 0 Å². The molecule has 2 rings (SSSR count). The van der Waals surface area contributed by atoms with Crippen molar-refractivity contribution < 1.29 is 15.0 Å². The monoisotopic (exact) mass is 205 g/mol. The Bertz CT molecular complexity index is 453. The Kier molecular flexibility index (Phi) is 1.93. The van der Waals surface area contributed by atoms with Crippen molar-refractivity contribution in [3.05, 3.63) is 29.8 Å². The van der Waals surface area contributed by atoms with Gasteiger partial charge in [0.05, 0.1) is 5.69 Å². The van der Waals surface area contributed by atoms with Crippen LogP contribution in [0.2, 0.25) is 0 Å². The number of phenols is 1. The Hall–Kier alpha value is -1.97. The number of anilines is 1. The number of aliphatic carboxylic acids is 1. The zero-order valence-electron chi connectivity index (χ0n) is 8.19. The van der Waals surface area contributed by atoms with E-state index in [1.54, 1.807) is 31.2 Å². The van der Waals surface area contributed by atoms with Crippen LogP contribution in [0.15, 0.2) is 24.3 Å². The molecule has 1 aliphatic rings. The van der Waals surface area contributed by atoms with E-state index in [0.29, 0.717) is 5.69 Å². The van der Waals surface area contributed by atoms with Crippen molar-refractivity contribution >= 4 is 17.7 Å². The highest BCUT2D eigenvalue weighted by molar-refractivity contribution is 5.91. The number of benzene rings is 1. The van der Waals surface area contributed by atoms with Crippen LogP contribution in [-0.4, -0.2) is 21.7 Å². The fourth-order valence-corrected chi connectivity index (χ4v) is 1.52. The molecule has 3 N–H and O–H groups in total. The number of carboxylic acids is 1. The van der Waals surface area contributed by atoms with Crippen molar-refractivity contribution in [2.24, 2.45) is 0 Å². The fraction of sp³-hybridized carbons (Fsp3) is 0.182. The maximum Gasteiger partial charge on any atom is 0.333 e. The molecule has 0 amide bonds. The summed E-state index contributed by atoms with van der Waals surface area (Å²) in [5.41, 5.74) is 0.0878. The van der Waals surface area contributed by atoms with Crippen LogP contribution in [0.4, 0.5) is 5.69 Å². The Morgan fingerprint density at radius 2 is 2.20 bits per heavy atom. The molecule has 78 valence electrons. The first kappa shape index (κ1) is 9.58. The third-order valence-electron chi connectivity index (χ3n) is 2.50. The van der Waals surface area contributed by atoms with Gasteiger partial charge >= 0.3 is 5.97 Å². The van der Waals surface area contributed by atoms with Gasteiger partial charge in [0.2, 0.25) is 0 Å². The molecule has 1 unspecified atom stereocenters. The molecule has 1 heterocycles. The molecule has 0 fully saturated rings. The molecular formula is C11H11NO3. The average molecular weight is 205 g/mol. The molecule has 4 heteroatoms. The quantitative estimate of drug-likeness (QED) is 0.610. The molecule has 1 atom stereocenters. The number of rotatable bonds is 1. The minimum Gasteiger partial charge on any atom is -0.506 e. The first-order chi connectivity index (χ1) is 7.03. The third-order valence-corrected chi connectivity index (χ3v) is 2.50. The van der Waals surface area contributed by atoms with Gasteiger partial charge in [-0.15, -0.1) is 0 Å². The zero-order chi connectivity index (χ0) is 11.1. The van der Waals surface area contributed by atoms with Gasteiger partial charge in [-0.05, 0) is 19.1 Å². The first-order valence-corrected chi connectivity index (χ1v) is 4.56. The van der Waals surface area contributed by atoms with Gasteiger partial charge in [-0.1, -0.05) is 18.2 Å². The number of nitrogens with one attached hydrogen (secondary N) is 1. The lowest BCUT2D eigenvalue weighted by atomic mass is 9.94. The minimum absolute atomic E-state index is 0.0596. The molecule has 0 saturated heterocycles. The molecule has 15 heavy (non-hydrogen) atoms. The highest BCUT2D eigenvalue weighted by atomic mass is 16.4. The van der Waals surface area contributed by atoms with Gasteiger partial charge in [0.15, 0.2) is 5.54 Å². The van der Waals surface area contributed by atoms with Crippen molar-refractivity contribution in [2.45, 2.75) is 12.5 Å². The van der Waals surface area contributed by atoms with Crippen LogP contribution in [0.1, 0.15) is 12.5 Å². The van der Waals surface area contributed by atoms with Gasteiger partial charge < -0.3 is 15.5 Å². The summed E-state index contributed by atoms with van der Waals surface area (Å²) in [4.78, 5) is 11.0. The van der Waals surface area contributed by atoms with Gasteiger partial charge in [0.25, 0.3) is 0 Å². The van der Waals surface area contributed by atoms with Crippen LogP contribution in [0.25, 0.3) is 6.08 Å². The largest absolute Gasteiger partial charge is 0.506 e. The van der Waals surface area contributed by atoms with E-state index in [-0.39, 0.29) is 5.75 Å². The number of carbonyl (C=O) groups is 1. The predicted octanol–water partition coefficient (Wildman–Crippen LogP) is 1.67. The van der Waals surface area contributed by atoms with Crippen molar-refractivity contribution in [1.82, 2.24) is 0 Å². The second-order valence-corrected chi connectivity index (χ2v) is 3.71. The lowest BCUT2D eigenvalue weighted by molar-refractivity contribution is -0.140. The molecule has 1 aromatic carbocycles. The molecule has 0 aliphatic carbocycles. The maximum absolute atomic E-state index is 11.0. The molecule has 0 bridgehead atoms. The van der Waals surface area contributed by atoms with Crippen LogP contribution in [0.3, 0.4) is 0 Å². The predicted molar refractivity (Wildman–Crippen MR) is 56.8 cm³/mol. The van der Waals surface area contributed by atoms with Crippen LogP contribution in [-0.2, 0) is 4.79 Å². The van der Waals surface area contributed by atoms with E-state index in [0.717, 1.165) is 5.56 Å². The van der Waals surface area contributed by atoms with E-state index in [9.17, 15) is 9.90 Å². The summed E-state index contributed by atoms with van der Waals surface area (Å²) < 4.78 is 0. The van der Waals surface area contributed by atoms with E-state index in [4.69, 9.17) is 5.11 Å². The van der Waals surface area contributed by atoms with Crippen molar-refractivity contribution in [3.8, 4) is 5.75 Å². The third kappa shape index (κ3) is 1.44. The summed E-state index contributed by atoms with van der Waals surface area (Å²) >= 11 is 0. The topological polar surface area (TPSA) is 69.6 Å². The molecule has 0 saturated carbocycles. The van der Waals surface area contributed by atoms with E-state index < -0.39 is 11.5 Å². The first-order valence-electron chi connectivity index (χ1n) is 4.56. The highest BCUT2D eigenvalue weighted by Crippen LogP contribution is 2.35. The number of hydrogen-bond acceptors (Lipinski definition) is 3. The second-order valence-electron chi connectivity index (χ2n) is 3.71. The normalized spacial score (nSPS) is 23.0. The van der Waals surface area contributed by atoms with Crippen LogP contribution < -0.4 is 5.32 Å². The van der Waals surface area contributed by atoms with E-state index in [1.165, 1.54) is 6.07 Å². The summed E-state index contributed by atoms with van der Waals surface area (Å²) in [6.45, 7) is 1.54. The van der Waals surface area contributed by atoms with Crippen LogP contribution in [0.5, 0.6) is 5.75 Å². The van der Waals surface area contributed by atoms with Gasteiger partial charge in [-0.3, -0.25) is 0 Å². The molecular weight excluding hydrogens is 194 g/mol. The molecule has 0 radical (unpaired) electrons. The standard InChI is InChI=1S/C11H11NO3/c1-11(10(14)15)6-5-7-3-2-4-8(13)9(7)12-11/h2-6,12-13H,1H3,(H,14,15). The zero-order valence-corrected chi connectivity index (χ0v) is 8.19. The number of para-hydroxylation sites is 1. The van der Waals surface area contributed by atoms with E-state index in [1.807, 2.05) is 0 Å². The molecule has 1 aliphatic heterocycles. The smallest absolute Gasteiger partial charge is 0.333 e. The number of fused-ring (bicyclic) bond motifs is 1. The Labute approximate surface area is 86.9 Å². The Morgan fingerprint density at radius 1 is 1.47 bits per heavy atom. The average Bonchev–Trinajstić information content (AvgIpc) is 2.19. The van der Waals surface area contributed by atoms with Crippen LogP contribution >= 0.6 is 0 Å². The maximum atomic E-state index is 11.0. The van der Waals surface area contributed by atoms with Crippen molar-refractivity contribution in [2.75, 3.05) is 5.32 Å². The summed E-state index contributed by atoms with van der Waals surface area (Å²) in [6, 6.07) is 5.04. The highest BCUT2D eigenvalue weighted by Gasteiger charge is 2.33. The number of hydrogen-bond donors (Lipinski definition) is 3. The van der Waals surface area contributed by atoms with Gasteiger partial charge in [0, 0.05) is 5.56 Å². The SMILES string of the molecule is CC1(C(=O)O)C=Cc2cccc(O)c2N1. The Balaban J connectivity index is 2.50. The van der Waals surface area contributed by atoms with Gasteiger partial charge in [-0.2, -0.15) is 0 Å². The second kappa shape index (κ2) is 3.02.